The zero-order valence-corrected chi connectivity index (χ0v) is 10.3. The van der Waals surface area contributed by atoms with Gasteiger partial charge in [-0.15, -0.1) is 0 Å². The quantitative estimate of drug-likeness (QED) is 0.774. The van der Waals surface area contributed by atoms with Gasteiger partial charge in [0, 0.05) is 25.2 Å². The van der Waals surface area contributed by atoms with Crippen LogP contribution in [0, 0.1) is 11.8 Å². The lowest BCUT2D eigenvalue weighted by Crippen LogP contribution is -2.66. The van der Waals surface area contributed by atoms with E-state index in [1.165, 1.54) is 45.2 Å². The van der Waals surface area contributed by atoms with Gasteiger partial charge in [0.1, 0.15) is 0 Å². The molecule has 1 heterocycles. The average Bonchev–Trinajstić information content (AvgIpc) is 2.19. The zero-order chi connectivity index (χ0) is 10.9. The minimum atomic E-state index is 0.365. The Kier molecular flexibility index (Phi) is 3.36. The van der Waals surface area contributed by atoms with E-state index in [2.05, 4.69) is 18.7 Å². The fourth-order valence-electron chi connectivity index (χ4n) is 3.49. The average molecular weight is 210 g/mol. The number of nitrogens with two attached hydrogens (primary N) is 1. The highest BCUT2D eigenvalue weighted by Gasteiger charge is 2.46. The van der Waals surface area contributed by atoms with Gasteiger partial charge in [-0.3, -0.25) is 4.90 Å². The Morgan fingerprint density at radius 3 is 2.60 bits per heavy atom. The molecule has 1 saturated carbocycles. The number of hydrogen-bond acceptors (Lipinski definition) is 2. The maximum absolute atomic E-state index is 6.08. The third-order valence-corrected chi connectivity index (χ3v) is 4.93. The first-order valence-electron chi connectivity index (χ1n) is 6.68. The third-order valence-electron chi connectivity index (χ3n) is 4.93. The lowest BCUT2D eigenvalue weighted by molar-refractivity contribution is -0.0617. The molecule has 2 fully saturated rings. The molecule has 0 radical (unpaired) electrons. The van der Waals surface area contributed by atoms with Crippen LogP contribution in [0.1, 0.15) is 46.0 Å². The Labute approximate surface area is 94.2 Å². The van der Waals surface area contributed by atoms with Gasteiger partial charge in [0.25, 0.3) is 0 Å². The summed E-state index contributed by atoms with van der Waals surface area (Å²) in [5.41, 5.74) is 6.45. The first-order chi connectivity index (χ1) is 7.23. The molecule has 1 aliphatic carbocycles. The maximum Gasteiger partial charge on any atom is 0.0357 e. The van der Waals surface area contributed by atoms with E-state index in [1.807, 2.05) is 0 Å². The summed E-state index contributed by atoms with van der Waals surface area (Å²) in [7, 11) is 0. The molecule has 0 spiro atoms. The van der Waals surface area contributed by atoms with E-state index < -0.39 is 0 Å². The van der Waals surface area contributed by atoms with Crippen LogP contribution in [0.25, 0.3) is 0 Å². The van der Waals surface area contributed by atoms with Crippen LogP contribution in [0.5, 0.6) is 0 Å². The summed E-state index contributed by atoms with van der Waals surface area (Å²) in [4.78, 5) is 2.69. The summed E-state index contributed by atoms with van der Waals surface area (Å²) in [5.74, 6) is 1.75. The van der Waals surface area contributed by atoms with Crippen LogP contribution in [0.3, 0.4) is 0 Å². The molecule has 15 heavy (non-hydrogen) atoms. The van der Waals surface area contributed by atoms with Gasteiger partial charge in [0.15, 0.2) is 0 Å². The first kappa shape index (κ1) is 11.4. The summed E-state index contributed by atoms with van der Waals surface area (Å²) in [6.45, 7) is 8.19. The van der Waals surface area contributed by atoms with Crippen molar-refractivity contribution >= 4 is 0 Å². The molecule has 2 nitrogen and oxygen atoms in total. The lowest BCUT2D eigenvalue weighted by atomic mass is 9.70. The molecule has 0 bridgehead atoms. The molecule has 0 aromatic heterocycles. The molecular formula is C13H26N2. The highest BCUT2D eigenvalue weighted by Crippen LogP contribution is 2.41. The fourth-order valence-corrected chi connectivity index (χ4v) is 3.49. The minimum Gasteiger partial charge on any atom is -0.329 e. The zero-order valence-electron chi connectivity index (χ0n) is 10.3. The lowest BCUT2D eigenvalue weighted by Gasteiger charge is -2.56. The summed E-state index contributed by atoms with van der Waals surface area (Å²) in [6, 6.07) is 0. The van der Waals surface area contributed by atoms with E-state index in [0.29, 0.717) is 5.54 Å². The first-order valence-corrected chi connectivity index (χ1v) is 6.68. The second-order valence-electron chi connectivity index (χ2n) is 5.63. The molecule has 2 aliphatic rings. The van der Waals surface area contributed by atoms with E-state index in [1.54, 1.807) is 0 Å². The molecule has 0 aromatic rings. The van der Waals surface area contributed by atoms with E-state index >= 15 is 0 Å². The highest BCUT2D eigenvalue weighted by atomic mass is 15.3. The summed E-state index contributed by atoms with van der Waals surface area (Å²) in [6.07, 6.45) is 6.85. The van der Waals surface area contributed by atoms with E-state index in [0.717, 1.165) is 18.4 Å². The number of likely N-dealkylation sites (tertiary alicyclic amines) is 1. The van der Waals surface area contributed by atoms with Gasteiger partial charge in [0.05, 0.1) is 0 Å². The Hall–Kier alpha value is -0.0800. The number of hydrogen-bond donors (Lipinski definition) is 1. The SMILES string of the molecule is CCC1CN(C2(CN)CCCCC2C)C1. The smallest absolute Gasteiger partial charge is 0.0357 e. The molecule has 2 N–H and O–H groups in total. The third kappa shape index (κ3) is 1.83. The molecule has 1 aliphatic heterocycles. The van der Waals surface area contributed by atoms with Crippen LogP contribution < -0.4 is 5.73 Å². The van der Waals surface area contributed by atoms with E-state index in [4.69, 9.17) is 5.73 Å². The Bertz CT molecular complexity index is 211. The van der Waals surface area contributed by atoms with Gasteiger partial charge in [-0.25, -0.2) is 0 Å². The van der Waals surface area contributed by atoms with Crippen LogP contribution in [0.2, 0.25) is 0 Å². The van der Waals surface area contributed by atoms with Gasteiger partial charge in [-0.05, 0) is 24.7 Å². The maximum atomic E-state index is 6.08. The van der Waals surface area contributed by atoms with Crippen molar-refractivity contribution < 1.29 is 0 Å². The van der Waals surface area contributed by atoms with Crippen LogP contribution in [0.15, 0.2) is 0 Å². The predicted molar refractivity (Wildman–Crippen MR) is 64.8 cm³/mol. The van der Waals surface area contributed by atoms with E-state index in [9.17, 15) is 0 Å². The monoisotopic (exact) mass is 210 g/mol. The second-order valence-corrected chi connectivity index (χ2v) is 5.63. The van der Waals surface area contributed by atoms with Crippen molar-refractivity contribution in [1.82, 2.24) is 4.90 Å². The van der Waals surface area contributed by atoms with Gasteiger partial charge in [0.2, 0.25) is 0 Å². The largest absolute Gasteiger partial charge is 0.329 e. The van der Waals surface area contributed by atoms with Crippen molar-refractivity contribution in [3.63, 3.8) is 0 Å². The normalized spacial score (nSPS) is 39.0. The van der Waals surface area contributed by atoms with Crippen LogP contribution in [0.4, 0.5) is 0 Å². The standard InChI is InChI=1S/C13H26N2/c1-3-12-8-15(9-12)13(10-14)7-5-4-6-11(13)2/h11-12H,3-10,14H2,1-2H3. The molecule has 0 aromatic carbocycles. The van der Waals surface area contributed by atoms with Gasteiger partial charge >= 0.3 is 0 Å². The van der Waals surface area contributed by atoms with Crippen molar-refractivity contribution in [2.24, 2.45) is 17.6 Å². The second kappa shape index (κ2) is 4.42. The number of rotatable bonds is 3. The highest BCUT2D eigenvalue weighted by molar-refractivity contribution is 5.02. The topological polar surface area (TPSA) is 29.3 Å². The van der Waals surface area contributed by atoms with Crippen LogP contribution in [-0.4, -0.2) is 30.1 Å². The predicted octanol–water partition coefficient (Wildman–Crippen LogP) is 2.24. The van der Waals surface area contributed by atoms with Crippen molar-refractivity contribution in [3.05, 3.63) is 0 Å². The van der Waals surface area contributed by atoms with Crippen LogP contribution >= 0.6 is 0 Å². The van der Waals surface area contributed by atoms with Gasteiger partial charge in [-0.1, -0.05) is 33.1 Å². The van der Waals surface area contributed by atoms with Crippen molar-refractivity contribution in [2.45, 2.75) is 51.5 Å². The van der Waals surface area contributed by atoms with Crippen molar-refractivity contribution in [3.8, 4) is 0 Å². The van der Waals surface area contributed by atoms with Crippen LogP contribution in [-0.2, 0) is 0 Å². The van der Waals surface area contributed by atoms with Crippen molar-refractivity contribution in [2.75, 3.05) is 19.6 Å². The van der Waals surface area contributed by atoms with Gasteiger partial charge < -0.3 is 5.73 Å². The number of nitrogens with zero attached hydrogens (tertiary/aromatic N) is 1. The molecule has 0 amide bonds. The molecule has 2 rings (SSSR count). The summed E-state index contributed by atoms with van der Waals surface area (Å²) < 4.78 is 0. The Morgan fingerprint density at radius 2 is 2.07 bits per heavy atom. The van der Waals surface area contributed by atoms with E-state index in [-0.39, 0.29) is 0 Å². The molecule has 2 atom stereocenters. The summed E-state index contributed by atoms with van der Waals surface area (Å²) in [5, 5.41) is 0. The Balaban J connectivity index is 2.01. The minimum absolute atomic E-state index is 0.365. The van der Waals surface area contributed by atoms with Crippen molar-refractivity contribution in [1.29, 1.82) is 0 Å². The van der Waals surface area contributed by atoms with Gasteiger partial charge in [-0.2, -0.15) is 0 Å². The summed E-state index contributed by atoms with van der Waals surface area (Å²) >= 11 is 0. The molecule has 1 saturated heterocycles. The molecular weight excluding hydrogens is 184 g/mol. The molecule has 88 valence electrons. The molecule has 2 heteroatoms. The molecule has 2 unspecified atom stereocenters. The fraction of sp³-hybridized carbons (Fsp3) is 1.00. The Morgan fingerprint density at radius 1 is 1.33 bits per heavy atom.